The maximum absolute atomic E-state index is 14.0. The van der Waals surface area contributed by atoms with E-state index in [1.54, 1.807) is 23.6 Å². The van der Waals surface area contributed by atoms with E-state index in [0.29, 0.717) is 19.7 Å². The topological polar surface area (TPSA) is 87.2 Å². The highest BCUT2D eigenvalue weighted by atomic mass is 32.2. The molecule has 0 aromatic carbocycles. The van der Waals surface area contributed by atoms with Crippen LogP contribution in [0.3, 0.4) is 0 Å². The first kappa shape index (κ1) is 24.3. The number of aliphatic hydroxyl groups is 1. The monoisotopic (exact) mass is 476 g/mol. The number of carbonyl (C=O) groups excluding carboxylic acids is 3. The van der Waals surface area contributed by atoms with Crippen molar-refractivity contribution in [1.82, 2.24) is 9.80 Å². The zero-order valence-electron chi connectivity index (χ0n) is 19.9. The highest BCUT2D eigenvalue weighted by molar-refractivity contribution is 8.02. The van der Waals surface area contributed by atoms with Gasteiger partial charge in [-0.1, -0.05) is 37.6 Å². The molecule has 7 nitrogen and oxygen atoms in total. The molecule has 0 aromatic rings. The van der Waals surface area contributed by atoms with Crippen molar-refractivity contribution in [2.75, 3.05) is 26.3 Å². The summed E-state index contributed by atoms with van der Waals surface area (Å²) in [5.74, 6) is -2.10. The Morgan fingerprint density at radius 1 is 1.18 bits per heavy atom. The molecule has 0 aromatic heterocycles. The summed E-state index contributed by atoms with van der Waals surface area (Å²) in [4.78, 5) is 44.7. The number of cyclic esters (lactones) is 1. The summed E-state index contributed by atoms with van der Waals surface area (Å²) in [6, 6.07) is -1.28. The van der Waals surface area contributed by atoms with Crippen molar-refractivity contribution in [2.24, 2.45) is 11.8 Å². The lowest BCUT2D eigenvalue weighted by atomic mass is 9.74. The Kier molecular flexibility index (Phi) is 6.97. The lowest BCUT2D eigenvalue weighted by Gasteiger charge is -2.39. The van der Waals surface area contributed by atoms with Gasteiger partial charge in [-0.2, -0.15) is 0 Å². The molecule has 0 saturated carbocycles. The first-order valence-corrected chi connectivity index (χ1v) is 13.1. The van der Waals surface area contributed by atoms with Gasteiger partial charge in [0.25, 0.3) is 0 Å². The van der Waals surface area contributed by atoms with E-state index in [0.717, 1.165) is 32.1 Å². The number of ether oxygens (including phenoxy) is 1. The fourth-order valence-electron chi connectivity index (χ4n) is 5.90. The molecule has 4 aliphatic rings. The molecule has 2 saturated heterocycles. The van der Waals surface area contributed by atoms with Gasteiger partial charge >= 0.3 is 5.97 Å². The smallest absolute Gasteiger partial charge is 0.311 e. The van der Waals surface area contributed by atoms with Crippen molar-refractivity contribution in [3.05, 3.63) is 24.3 Å². The van der Waals surface area contributed by atoms with Crippen molar-refractivity contribution in [1.29, 1.82) is 0 Å². The molecule has 4 rings (SSSR count). The molecule has 4 aliphatic heterocycles. The number of unbranched alkanes of at least 4 members (excludes halogenated alkanes) is 1. The largest absolute Gasteiger partial charge is 0.465 e. The van der Waals surface area contributed by atoms with Crippen LogP contribution in [0.15, 0.2) is 24.3 Å². The van der Waals surface area contributed by atoms with Crippen LogP contribution in [-0.4, -0.2) is 80.6 Å². The third kappa shape index (κ3) is 3.93. The third-order valence-corrected chi connectivity index (χ3v) is 9.34. The van der Waals surface area contributed by atoms with Crippen molar-refractivity contribution in [3.63, 3.8) is 0 Å². The average molecular weight is 477 g/mol. The molecule has 33 heavy (non-hydrogen) atoms. The van der Waals surface area contributed by atoms with E-state index in [-0.39, 0.29) is 24.4 Å². The quantitative estimate of drug-likeness (QED) is 0.485. The van der Waals surface area contributed by atoms with Crippen molar-refractivity contribution >= 4 is 29.5 Å². The van der Waals surface area contributed by atoms with Crippen molar-refractivity contribution < 1.29 is 24.2 Å². The van der Waals surface area contributed by atoms with Gasteiger partial charge in [-0.25, -0.2) is 0 Å². The Bertz CT molecular complexity index is 860. The lowest BCUT2D eigenvalue weighted by Crippen LogP contribution is -2.56. The molecule has 1 unspecified atom stereocenters. The minimum atomic E-state index is -0.880. The molecule has 6 atom stereocenters. The van der Waals surface area contributed by atoms with Gasteiger partial charge in [-0.15, -0.1) is 11.8 Å². The number of nitrogens with zero attached hydrogens (tertiary/aromatic N) is 2. The second kappa shape index (κ2) is 9.45. The molecule has 2 amide bonds. The molecule has 0 aliphatic carbocycles. The Balaban J connectivity index is 1.85. The number of rotatable bonds is 5. The van der Waals surface area contributed by atoms with Gasteiger partial charge in [0.05, 0.1) is 35.8 Å². The van der Waals surface area contributed by atoms with Gasteiger partial charge in [0.1, 0.15) is 6.04 Å². The zero-order valence-corrected chi connectivity index (χ0v) is 20.7. The summed E-state index contributed by atoms with van der Waals surface area (Å²) in [7, 11) is 0. The second-order valence-electron chi connectivity index (χ2n) is 9.88. The summed E-state index contributed by atoms with van der Waals surface area (Å²) in [5, 5.41) is 9.97. The summed E-state index contributed by atoms with van der Waals surface area (Å²) in [6.07, 6.45) is 12.6. The molecule has 1 spiro atoms. The molecule has 8 heteroatoms. The van der Waals surface area contributed by atoms with Crippen LogP contribution < -0.4 is 0 Å². The van der Waals surface area contributed by atoms with E-state index in [9.17, 15) is 19.5 Å². The standard InChI is InChI=1S/C25H36N2O5S/c1-4-5-13-26-14-10-12-25-18(21(29)27(17(2)16-28)20(25)22(26)30)19-23(31)32-15-9-7-6-8-11-24(19,3)33-25/h8,10-12,17-20,28H,4-7,9,13-16H2,1-3H3/b11-8-/t17-,18+,19-,20?,24+,25+/m1/s1. The van der Waals surface area contributed by atoms with E-state index >= 15 is 0 Å². The van der Waals surface area contributed by atoms with Crippen LogP contribution in [0.25, 0.3) is 0 Å². The van der Waals surface area contributed by atoms with Crippen LogP contribution >= 0.6 is 11.8 Å². The molecular formula is C25H36N2O5S. The van der Waals surface area contributed by atoms with Crippen molar-refractivity contribution in [2.45, 2.75) is 74.5 Å². The Hall–Kier alpha value is -1.80. The SMILES string of the molecule is CCCCN1CC=C[C@]23S[C@@]4(C)/C=C\CCCCOC(=O)[C@H]4[C@H]2C(=O)N([C@H](C)CO)C3C1=O. The normalized spacial score (nSPS) is 38.3. The van der Waals surface area contributed by atoms with Gasteiger partial charge < -0.3 is 19.6 Å². The fraction of sp³-hybridized carbons (Fsp3) is 0.720. The number of amides is 2. The van der Waals surface area contributed by atoms with Gasteiger partial charge in [0.2, 0.25) is 11.8 Å². The number of esters is 1. The minimum absolute atomic E-state index is 0.0956. The number of likely N-dealkylation sites (tertiary alicyclic amines) is 1. The Morgan fingerprint density at radius 2 is 1.97 bits per heavy atom. The van der Waals surface area contributed by atoms with E-state index in [1.165, 1.54) is 0 Å². The van der Waals surface area contributed by atoms with Crippen LogP contribution in [0.4, 0.5) is 0 Å². The maximum Gasteiger partial charge on any atom is 0.311 e. The van der Waals surface area contributed by atoms with Crippen molar-refractivity contribution in [3.8, 4) is 0 Å². The zero-order chi connectivity index (χ0) is 23.8. The summed E-state index contributed by atoms with van der Waals surface area (Å²) >= 11 is 1.55. The number of allylic oxidation sites excluding steroid dienone is 1. The number of hydrogen-bond donors (Lipinski definition) is 1. The first-order valence-electron chi connectivity index (χ1n) is 12.2. The summed E-state index contributed by atoms with van der Waals surface area (Å²) in [5.41, 5.74) is 0. The van der Waals surface area contributed by atoms with Gasteiger partial charge in [-0.3, -0.25) is 14.4 Å². The van der Waals surface area contributed by atoms with Crippen LogP contribution in [0.2, 0.25) is 0 Å². The maximum atomic E-state index is 14.0. The van der Waals surface area contributed by atoms with E-state index in [1.807, 2.05) is 24.0 Å². The number of hydrogen-bond acceptors (Lipinski definition) is 6. The van der Waals surface area contributed by atoms with Crippen LogP contribution in [-0.2, 0) is 19.1 Å². The molecule has 0 bridgehead atoms. The highest BCUT2D eigenvalue weighted by Crippen LogP contribution is 2.65. The predicted molar refractivity (Wildman–Crippen MR) is 127 cm³/mol. The summed E-state index contributed by atoms with van der Waals surface area (Å²) in [6.45, 7) is 7.06. The summed E-state index contributed by atoms with van der Waals surface area (Å²) < 4.78 is 4.12. The van der Waals surface area contributed by atoms with Crippen LogP contribution in [0, 0.1) is 11.8 Å². The third-order valence-electron chi connectivity index (χ3n) is 7.54. The first-order chi connectivity index (χ1) is 15.8. The van der Waals surface area contributed by atoms with Gasteiger partial charge in [-0.05, 0) is 39.5 Å². The lowest BCUT2D eigenvalue weighted by molar-refractivity contribution is -0.154. The van der Waals surface area contributed by atoms with Gasteiger partial charge in [0.15, 0.2) is 0 Å². The number of aliphatic hydroxyl groups excluding tert-OH is 1. The van der Waals surface area contributed by atoms with E-state index in [4.69, 9.17) is 4.74 Å². The molecule has 0 radical (unpaired) electrons. The van der Waals surface area contributed by atoms with Gasteiger partial charge in [0, 0.05) is 17.8 Å². The van der Waals surface area contributed by atoms with E-state index in [2.05, 4.69) is 19.1 Å². The van der Waals surface area contributed by atoms with Crippen LogP contribution in [0.1, 0.15) is 52.9 Å². The minimum Gasteiger partial charge on any atom is -0.465 e. The Morgan fingerprint density at radius 3 is 2.70 bits per heavy atom. The van der Waals surface area contributed by atoms with E-state index < -0.39 is 33.4 Å². The number of carbonyl (C=O) groups is 3. The molecule has 2 fully saturated rings. The average Bonchev–Trinajstić information content (AvgIpc) is 3.13. The highest BCUT2D eigenvalue weighted by Gasteiger charge is 2.74. The van der Waals surface area contributed by atoms with Crippen LogP contribution in [0.5, 0.6) is 0 Å². The molecule has 1 N–H and O–H groups in total. The molecule has 4 heterocycles. The molecular weight excluding hydrogens is 440 g/mol. The Labute approximate surface area is 200 Å². The number of fused-ring (bicyclic) bond motifs is 2. The predicted octanol–water partition coefficient (Wildman–Crippen LogP) is 2.54. The fourth-order valence-corrected chi connectivity index (χ4v) is 8.04. The second-order valence-corrected chi connectivity index (χ2v) is 11.7. The molecule has 182 valence electrons. The number of thioether (sulfide) groups is 1.